The molecular formula is C31H40Cl2N4O4S. The maximum absolute atomic E-state index is 13.2. The standard InChI is InChI=1S/C31H38N4O4S.2ClH/c1-40(37,38)32-28-9-13-30(14-10-28)39-29-11-7-26(8-12-29)24-33-17-15-27(16-18-33)31(36)35-21-19-34(20-22-35)23-25-5-3-2-4-6-25;;/h2-14,27,32H,15-24H2,1H3;2*1H. The quantitative estimate of drug-likeness (QED) is 0.346. The first-order valence-corrected chi connectivity index (χ1v) is 15.8. The summed E-state index contributed by atoms with van der Waals surface area (Å²) in [5, 5.41) is 0. The number of carbonyl (C=O) groups is 1. The summed E-state index contributed by atoms with van der Waals surface area (Å²) in [6.45, 7) is 7.17. The minimum Gasteiger partial charge on any atom is -0.457 e. The third-order valence-electron chi connectivity index (χ3n) is 7.59. The molecule has 0 spiro atoms. The Balaban J connectivity index is 0.00000242. The maximum Gasteiger partial charge on any atom is 0.229 e. The Hall–Kier alpha value is -2.82. The Morgan fingerprint density at radius 1 is 0.738 bits per heavy atom. The minimum atomic E-state index is -3.30. The molecule has 2 aliphatic heterocycles. The fourth-order valence-electron chi connectivity index (χ4n) is 5.43. The van der Waals surface area contributed by atoms with E-state index in [1.54, 1.807) is 24.3 Å². The van der Waals surface area contributed by atoms with E-state index in [0.29, 0.717) is 17.3 Å². The summed E-state index contributed by atoms with van der Waals surface area (Å²) < 4.78 is 31.1. The molecule has 0 bridgehead atoms. The Bertz CT molecular complexity index is 1360. The molecule has 0 aliphatic carbocycles. The number of nitrogens with zero attached hydrogens (tertiary/aromatic N) is 3. The molecule has 0 saturated carbocycles. The van der Waals surface area contributed by atoms with Crippen molar-refractivity contribution in [1.29, 1.82) is 0 Å². The molecule has 2 heterocycles. The van der Waals surface area contributed by atoms with Crippen molar-refractivity contribution in [1.82, 2.24) is 14.7 Å². The van der Waals surface area contributed by atoms with Crippen molar-refractivity contribution < 1.29 is 17.9 Å². The summed E-state index contributed by atoms with van der Waals surface area (Å²) in [4.78, 5) is 20.1. The number of carbonyl (C=O) groups excluding carboxylic acids is 1. The molecule has 3 aromatic carbocycles. The molecule has 11 heteroatoms. The number of hydrogen-bond acceptors (Lipinski definition) is 6. The van der Waals surface area contributed by atoms with Crippen molar-refractivity contribution in [3.05, 3.63) is 90.0 Å². The molecule has 3 aromatic rings. The Kier molecular flexibility index (Phi) is 12.5. The van der Waals surface area contributed by atoms with Crippen molar-refractivity contribution >= 4 is 46.4 Å². The van der Waals surface area contributed by atoms with Crippen LogP contribution in [0.5, 0.6) is 11.5 Å². The normalized spacial score (nSPS) is 16.6. The Morgan fingerprint density at radius 2 is 1.24 bits per heavy atom. The number of rotatable bonds is 9. The highest BCUT2D eigenvalue weighted by molar-refractivity contribution is 7.92. The molecule has 228 valence electrons. The molecule has 0 aromatic heterocycles. The van der Waals surface area contributed by atoms with Crippen molar-refractivity contribution in [3.8, 4) is 11.5 Å². The number of amides is 1. The summed E-state index contributed by atoms with van der Waals surface area (Å²) in [5.74, 6) is 1.82. The number of piperidine rings is 1. The summed E-state index contributed by atoms with van der Waals surface area (Å²) in [5.41, 5.74) is 3.03. The van der Waals surface area contributed by atoms with Crippen LogP contribution in [0.2, 0.25) is 0 Å². The van der Waals surface area contributed by atoms with Crippen molar-refractivity contribution in [2.24, 2.45) is 5.92 Å². The lowest BCUT2D eigenvalue weighted by atomic mass is 9.94. The molecular weight excluding hydrogens is 595 g/mol. The lowest BCUT2D eigenvalue weighted by Crippen LogP contribution is -2.51. The number of piperazine rings is 1. The lowest BCUT2D eigenvalue weighted by molar-refractivity contribution is -0.139. The second-order valence-corrected chi connectivity index (χ2v) is 12.5. The van der Waals surface area contributed by atoms with Crippen molar-refractivity contribution in [2.75, 3.05) is 50.2 Å². The third-order valence-corrected chi connectivity index (χ3v) is 8.20. The van der Waals surface area contributed by atoms with E-state index in [1.807, 2.05) is 18.2 Å². The summed E-state index contributed by atoms with van der Waals surface area (Å²) in [6, 6.07) is 25.4. The first-order chi connectivity index (χ1) is 19.3. The zero-order valence-electron chi connectivity index (χ0n) is 23.9. The fraction of sp³-hybridized carbons (Fsp3) is 0.387. The highest BCUT2D eigenvalue weighted by Gasteiger charge is 2.30. The van der Waals surface area contributed by atoms with E-state index < -0.39 is 10.0 Å². The maximum atomic E-state index is 13.2. The van der Waals surface area contributed by atoms with E-state index in [0.717, 1.165) is 77.2 Å². The average molecular weight is 636 g/mol. The third kappa shape index (κ3) is 9.88. The van der Waals surface area contributed by atoms with Gasteiger partial charge in [-0.05, 0) is 73.5 Å². The number of anilines is 1. The van der Waals surface area contributed by atoms with Gasteiger partial charge in [-0.3, -0.25) is 19.3 Å². The average Bonchev–Trinajstić information content (AvgIpc) is 2.95. The summed E-state index contributed by atoms with van der Waals surface area (Å²) in [6.07, 6.45) is 2.94. The Labute approximate surface area is 261 Å². The van der Waals surface area contributed by atoms with Gasteiger partial charge in [0, 0.05) is 50.9 Å². The van der Waals surface area contributed by atoms with E-state index in [9.17, 15) is 13.2 Å². The van der Waals surface area contributed by atoms with Gasteiger partial charge < -0.3 is 9.64 Å². The van der Waals surface area contributed by atoms with Gasteiger partial charge in [0.1, 0.15) is 11.5 Å². The fourth-order valence-corrected chi connectivity index (χ4v) is 5.99. The first kappa shape index (κ1) is 33.7. The number of likely N-dealkylation sites (tertiary alicyclic amines) is 1. The highest BCUT2D eigenvalue weighted by atomic mass is 35.5. The molecule has 1 amide bonds. The number of hydrogen-bond donors (Lipinski definition) is 1. The predicted octanol–water partition coefficient (Wildman–Crippen LogP) is 5.25. The number of benzene rings is 3. The number of halogens is 2. The van der Waals surface area contributed by atoms with Crippen LogP contribution < -0.4 is 9.46 Å². The molecule has 42 heavy (non-hydrogen) atoms. The molecule has 0 atom stereocenters. The number of sulfonamides is 1. The van der Waals surface area contributed by atoms with E-state index >= 15 is 0 Å². The first-order valence-electron chi connectivity index (χ1n) is 13.9. The van der Waals surface area contributed by atoms with Crippen LogP contribution in [0.15, 0.2) is 78.9 Å². The molecule has 2 saturated heterocycles. The van der Waals surface area contributed by atoms with Gasteiger partial charge in [-0.25, -0.2) is 8.42 Å². The zero-order chi connectivity index (χ0) is 28.0. The van der Waals surface area contributed by atoms with Gasteiger partial charge in [-0.2, -0.15) is 0 Å². The number of nitrogens with one attached hydrogen (secondary N) is 1. The molecule has 8 nitrogen and oxygen atoms in total. The van der Waals surface area contributed by atoms with Crippen LogP contribution in [0.25, 0.3) is 0 Å². The van der Waals surface area contributed by atoms with Crippen molar-refractivity contribution in [3.63, 3.8) is 0 Å². The molecule has 0 radical (unpaired) electrons. The van der Waals surface area contributed by atoms with Crippen LogP contribution in [0.4, 0.5) is 5.69 Å². The van der Waals surface area contributed by atoms with Crippen LogP contribution in [0.1, 0.15) is 24.0 Å². The smallest absolute Gasteiger partial charge is 0.229 e. The molecule has 0 unspecified atom stereocenters. The van der Waals surface area contributed by atoms with Crippen LogP contribution >= 0.6 is 24.8 Å². The van der Waals surface area contributed by atoms with E-state index in [2.05, 4.69) is 55.8 Å². The van der Waals surface area contributed by atoms with Gasteiger partial charge in [0.15, 0.2) is 0 Å². The lowest BCUT2D eigenvalue weighted by Gasteiger charge is -2.38. The van der Waals surface area contributed by atoms with E-state index in [1.165, 1.54) is 11.1 Å². The van der Waals surface area contributed by atoms with Gasteiger partial charge in [0.05, 0.1) is 6.26 Å². The van der Waals surface area contributed by atoms with Gasteiger partial charge >= 0.3 is 0 Å². The second-order valence-electron chi connectivity index (χ2n) is 10.8. The van der Waals surface area contributed by atoms with Crippen LogP contribution in [-0.2, 0) is 27.9 Å². The van der Waals surface area contributed by atoms with Gasteiger partial charge in [-0.15, -0.1) is 24.8 Å². The minimum absolute atomic E-state index is 0. The second kappa shape index (κ2) is 15.6. The molecule has 1 N–H and O–H groups in total. The highest BCUT2D eigenvalue weighted by Crippen LogP contribution is 2.26. The number of ether oxygens (including phenoxy) is 1. The SMILES string of the molecule is CS(=O)(=O)Nc1ccc(Oc2ccc(CN3CCC(C(=O)N4CCN(Cc5ccccc5)CC4)CC3)cc2)cc1.Cl.Cl. The predicted molar refractivity (Wildman–Crippen MR) is 172 cm³/mol. The summed E-state index contributed by atoms with van der Waals surface area (Å²) >= 11 is 0. The largest absolute Gasteiger partial charge is 0.457 e. The monoisotopic (exact) mass is 634 g/mol. The Morgan fingerprint density at radius 3 is 1.79 bits per heavy atom. The van der Waals surface area contributed by atoms with E-state index in [-0.39, 0.29) is 30.7 Å². The van der Waals surface area contributed by atoms with Gasteiger partial charge in [0.25, 0.3) is 0 Å². The zero-order valence-corrected chi connectivity index (χ0v) is 26.3. The molecule has 2 aliphatic rings. The van der Waals surface area contributed by atoms with Gasteiger partial charge in [-0.1, -0.05) is 42.5 Å². The molecule has 2 fully saturated rings. The van der Waals surface area contributed by atoms with Crippen molar-refractivity contribution in [2.45, 2.75) is 25.9 Å². The summed E-state index contributed by atoms with van der Waals surface area (Å²) in [7, 11) is -3.30. The topological polar surface area (TPSA) is 82.2 Å². The molecule has 5 rings (SSSR count). The van der Waals surface area contributed by atoms with E-state index in [4.69, 9.17) is 4.74 Å². The van der Waals surface area contributed by atoms with Gasteiger partial charge in [0.2, 0.25) is 15.9 Å². The van der Waals surface area contributed by atoms with Crippen LogP contribution in [0.3, 0.4) is 0 Å². The van der Waals surface area contributed by atoms with Crippen LogP contribution in [0, 0.1) is 5.92 Å². The van der Waals surface area contributed by atoms with Crippen LogP contribution in [-0.4, -0.2) is 74.5 Å².